The molecule has 0 spiro atoms. The van der Waals surface area contributed by atoms with Crippen LogP contribution in [0.3, 0.4) is 0 Å². The fourth-order valence-corrected chi connectivity index (χ4v) is 1.20. The number of hydrogen-bond donors (Lipinski definition) is 1. The molecule has 0 unspecified atom stereocenters. The van der Waals surface area contributed by atoms with E-state index in [1.807, 2.05) is 13.8 Å². The van der Waals surface area contributed by atoms with E-state index in [2.05, 4.69) is 16.2 Å². The van der Waals surface area contributed by atoms with Crippen molar-refractivity contribution in [2.24, 2.45) is 4.99 Å². The molecule has 0 aromatic carbocycles. The van der Waals surface area contributed by atoms with Crippen molar-refractivity contribution in [3.8, 4) is 12.3 Å². The molecule has 1 aliphatic heterocycles. The number of aliphatic imine (C=N–C) groups is 1. The molecule has 1 heterocycles. The van der Waals surface area contributed by atoms with Crippen LogP contribution in [0.15, 0.2) is 4.99 Å². The highest BCUT2D eigenvalue weighted by Gasteiger charge is 2.16. The van der Waals surface area contributed by atoms with E-state index in [1.165, 1.54) is 12.8 Å². The van der Waals surface area contributed by atoms with Crippen LogP contribution >= 0.6 is 0 Å². The van der Waals surface area contributed by atoms with Crippen molar-refractivity contribution < 1.29 is 0 Å². The van der Waals surface area contributed by atoms with Crippen LogP contribution in [0.25, 0.3) is 0 Å². The topological polar surface area (TPSA) is 24.4 Å². The minimum Gasteiger partial charge on any atom is -0.358 e. The molecule has 0 fully saturated rings. The fourth-order valence-electron chi connectivity index (χ4n) is 1.20. The van der Waals surface area contributed by atoms with Crippen molar-refractivity contribution in [3.63, 3.8) is 0 Å². The number of hydrogen-bond acceptors (Lipinski definition) is 2. The Morgan fingerprint density at radius 2 is 2.25 bits per heavy atom. The smallest absolute Gasteiger partial charge is 0.0974 e. The number of amidine groups is 1. The van der Waals surface area contributed by atoms with Crippen LogP contribution in [0, 0.1) is 12.3 Å². The predicted molar refractivity (Wildman–Crippen MR) is 52.2 cm³/mol. The highest BCUT2D eigenvalue weighted by molar-refractivity contribution is 5.83. The van der Waals surface area contributed by atoms with E-state index in [0.29, 0.717) is 0 Å². The molecule has 66 valence electrons. The lowest BCUT2D eigenvalue weighted by Crippen LogP contribution is -2.42. The molecular weight excluding hydrogens is 148 g/mol. The van der Waals surface area contributed by atoms with Crippen LogP contribution in [0.5, 0.6) is 0 Å². The molecule has 0 saturated carbocycles. The van der Waals surface area contributed by atoms with Crippen LogP contribution in [-0.4, -0.2) is 17.9 Å². The molecule has 0 aromatic rings. The highest BCUT2D eigenvalue weighted by atomic mass is 15.0. The Hall–Kier alpha value is -0.970. The molecular formula is C10H16N2. The summed E-state index contributed by atoms with van der Waals surface area (Å²) in [5.74, 6) is 3.77. The molecule has 1 N–H and O–H groups in total. The second kappa shape index (κ2) is 3.62. The van der Waals surface area contributed by atoms with Crippen molar-refractivity contribution in [3.05, 3.63) is 0 Å². The molecule has 0 aliphatic carbocycles. The van der Waals surface area contributed by atoms with Crippen LogP contribution in [0.2, 0.25) is 0 Å². The Kier molecular flexibility index (Phi) is 2.75. The summed E-state index contributed by atoms with van der Waals surface area (Å²) >= 11 is 0. The number of rotatable bonds is 1. The lowest BCUT2D eigenvalue weighted by atomic mass is 10.1. The SMILES string of the molecule is C#CC(C)(C)NC1=NCCCC1. The van der Waals surface area contributed by atoms with Crippen molar-refractivity contribution in [1.29, 1.82) is 0 Å². The standard InChI is InChI=1S/C10H16N2/c1-4-10(2,3)12-9-7-5-6-8-11-9/h1H,5-8H2,2-3H3,(H,11,12). The maximum Gasteiger partial charge on any atom is 0.0974 e. The van der Waals surface area contributed by atoms with Gasteiger partial charge in [-0.05, 0) is 26.7 Å². The molecule has 0 saturated heterocycles. The summed E-state index contributed by atoms with van der Waals surface area (Å²) in [6.45, 7) is 4.93. The molecule has 1 aliphatic rings. The van der Waals surface area contributed by atoms with Gasteiger partial charge in [-0.2, -0.15) is 0 Å². The summed E-state index contributed by atoms with van der Waals surface area (Å²) in [7, 11) is 0. The first-order valence-electron chi connectivity index (χ1n) is 4.43. The zero-order chi connectivity index (χ0) is 9.03. The minimum absolute atomic E-state index is 0.254. The monoisotopic (exact) mass is 164 g/mol. The lowest BCUT2D eigenvalue weighted by molar-refractivity contribution is 0.576. The van der Waals surface area contributed by atoms with Gasteiger partial charge in [0.05, 0.1) is 11.4 Å². The van der Waals surface area contributed by atoms with Gasteiger partial charge in [-0.3, -0.25) is 4.99 Å². The molecule has 0 bridgehead atoms. The molecule has 12 heavy (non-hydrogen) atoms. The molecule has 0 atom stereocenters. The Labute approximate surface area is 74.5 Å². The number of nitrogens with one attached hydrogen (secondary N) is 1. The lowest BCUT2D eigenvalue weighted by Gasteiger charge is -2.24. The van der Waals surface area contributed by atoms with Crippen molar-refractivity contribution >= 4 is 5.84 Å². The first-order chi connectivity index (χ1) is 5.64. The number of terminal acetylenes is 1. The van der Waals surface area contributed by atoms with Gasteiger partial charge in [0.15, 0.2) is 0 Å². The second-order valence-electron chi connectivity index (χ2n) is 3.68. The second-order valence-corrected chi connectivity index (χ2v) is 3.68. The summed E-state index contributed by atoms with van der Waals surface area (Å²) in [6, 6.07) is 0. The number of nitrogens with zero attached hydrogens (tertiary/aromatic N) is 1. The average Bonchev–Trinajstić information content (AvgIpc) is 2.06. The third kappa shape index (κ3) is 2.58. The summed E-state index contributed by atoms with van der Waals surface area (Å²) in [5.41, 5.74) is -0.254. The fraction of sp³-hybridized carbons (Fsp3) is 0.700. The summed E-state index contributed by atoms with van der Waals surface area (Å²) in [5, 5.41) is 3.26. The molecule has 2 nitrogen and oxygen atoms in total. The van der Waals surface area contributed by atoms with E-state index in [0.717, 1.165) is 18.8 Å². The Bertz CT molecular complexity index is 220. The van der Waals surface area contributed by atoms with Gasteiger partial charge in [0.2, 0.25) is 0 Å². The zero-order valence-electron chi connectivity index (χ0n) is 7.85. The first kappa shape index (κ1) is 9.12. The average molecular weight is 164 g/mol. The minimum atomic E-state index is -0.254. The van der Waals surface area contributed by atoms with Crippen LogP contribution < -0.4 is 5.32 Å². The summed E-state index contributed by atoms with van der Waals surface area (Å²) < 4.78 is 0. The van der Waals surface area contributed by atoms with Gasteiger partial charge in [0.1, 0.15) is 0 Å². The van der Waals surface area contributed by atoms with Crippen LogP contribution in [0.4, 0.5) is 0 Å². The Morgan fingerprint density at radius 1 is 1.50 bits per heavy atom. The van der Waals surface area contributed by atoms with E-state index in [9.17, 15) is 0 Å². The third-order valence-electron chi connectivity index (χ3n) is 1.94. The third-order valence-corrected chi connectivity index (χ3v) is 1.94. The Morgan fingerprint density at radius 3 is 2.75 bits per heavy atom. The quantitative estimate of drug-likeness (QED) is 0.584. The van der Waals surface area contributed by atoms with Gasteiger partial charge in [0, 0.05) is 13.0 Å². The van der Waals surface area contributed by atoms with Gasteiger partial charge in [0.25, 0.3) is 0 Å². The van der Waals surface area contributed by atoms with E-state index in [4.69, 9.17) is 6.42 Å². The van der Waals surface area contributed by atoms with Gasteiger partial charge in [-0.15, -0.1) is 6.42 Å². The summed E-state index contributed by atoms with van der Waals surface area (Å²) in [6.07, 6.45) is 8.84. The largest absolute Gasteiger partial charge is 0.358 e. The Balaban J connectivity index is 2.51. The normalized spacial score (nSPS) is 17.9. The van der Waals surface area contributed by atoms with Gasteiger partial charge >= 0.3 is 0 Å². The summed E-state index contributed by atoms with van der Waals surface area (Å²) in [4.78, 5) is 4.37. The molecule has 2 heteroatoms. The van der Waals surface area contributed by atoms with Crippen molar-refractivity contribution in [2.75, 3.05) is 6.54 Å². The maximum atomic E-state index is 5.36. The van der Waals surface area contributed by atoms with Crippen LogP contribution in [-0.2, 0) is 0 Å². The first-order valence-corrected chi connectivity index (χ1v) is 4.43. The van der Waals surface area contributed by atoms with Crippen LogP contribution in [0.1, 0.15) is 33.1 Å². The zero-order valence-corrected chi connectivity index (χ0v) is 7.85. The van der Waals surface area contributed by atoms with Gasteiger partial charge < -0.3 is 5.32 Å². The van der Waals surface area contributed by atoms with Gasteiger partial charge in [-0.1, -0.05) is 5.92 Å². The van der Waals surface area contributed by atoms with Gasteiger partial charge in [-0.25, -0.2) is 0 Å². The predicted octanol–water partition coefficient (Wildman–Crippen LogP) is 1.57. The van der Waals surface area contributed by atoms with E-state index < -0.39 is 0 Å². The van der Waals surface area contributed by atoms with E-state index in [-0.39, 0.29) is 5.54 Å². The van der Waals surface area contributed by atoms with E-state index >= 15 is 0 Å². The van der Waals surface area contributed by atoms with Crippen molar-refractivity contribution in [2.45, 2.75) is 38.6 Å². The molecule has 0 radical (unpaired) electrons. The van der Waals surface area contributed by atoms with Crippen molar-refractivity contribution in [1.82, 2.24) is 5.32 Å². The van der Waals surface area contributed by atoms with E-state index in [1.54, 1.807) is 0 Å². The molecule has 0 aromatic heterocycles. The highest BCUT2D eigenvalue weighted by Crippen LogP contribution is 2.07. The maximum absolute atomic E-state index is 5.36. The molecule has 1 rings (SSSR count). The molecule has 0 amide bonds.